The molecule has 0 aliphatic rings. The standard InChI is InChI=1S/C31H31NO2/c1-24(28-17-9-4-10-18-28)32(23-26-14-7-3-8-15-26)30(22-31(33)34)29-19-11-16-27(21-29)20-25-12-5-2-6-13-25/h2-19,21,24,30H,20,22-23H2,1H3,(H,33,34)/t24-,30?/m0/s1. The second kappa shape index (κ2) is 11.4. The molecule has 0 amide bonds. The second-order valence-electron chi connectivity index (χ2n) is 8.77. The van der Waals surface area contributed by atoms with Crippen molar-refractivity contribution < 1.29 is 9.90 Å². The SMILES string of the molecule is C[C@@H](c1ccccc1)N(Cc1ccccc1)C(CC(=O)O)c1cccc(Cc2ccccc2)c1. The van der Waals surface area contributed by atoms with E-state index in [9.17, 15) is 9.90 Å². The van der Waals surface area contributed by atoms with Gasteiger partial charge in [-0.1, -0.05) is 115 Å². The molecule has 0 fully saturated rings. The first-order valence-electron chi connectivity index (χ1n) is 11.8. The lowest BCUT2D eigenvalue weighted by Crippen LogP contribution is -2.32. The lowest BCUT2D eigenvalue weighted by Gasteiger charge is -2.37. The minimum atomic E-state index is -0.795. The number of carbonyl (C=O) groups is 1. The van der Waals surface area contributed by atoms with E-state index in [0.29, 0.717) is 6.54 Å². The molecule has 0 aromatic heterocycles. The monoisotopic (exact) mass is 449 g/mol. The molecule has 0 radical (unpaired) electrons. The third-order valence-electron chi connectivity index (χ3n) is 6.34. The van der Waals surface area contributed by atoms with Crippen LogP contribution >= 0.6 is 0 Å². The van der Waals surface area contributed by atoms with Gasteiger partial charge in [0.1, 0.15) is 0 Å². The number of carboxylic acids is 1. The smallest absolute Gasteiger partial charge is 0.305 e. The number of rotatable bonds is 10. The maximum atomic E-state index is 12.0. The van der Waals surface area contributed by atoms with Crippen LogP contribution in [-0.4, -0.2) is 16.0 Å². The van der Waals surface area contributed by atoms with Crippen LogP contribution in [0.15, 0.2) is 115 Å². The van der Waals surface area contributed by atoms with Crippen molar-refractivity contribution in [2.75, 3.05) is 0 Å². The van der Waals surface area contributed by atoms with Gasteiger partial charge < -0.3 is 5.11 Å². The van der Waals surface area contributed by atoms with Gasteiger partial charge in [-0.25, -0.2) is 0 Å². The van der Waals surface area contributed by atoms with E-state index >= 15 is 0 Å². The minimum Gasteiger partial charge on any atom is -0.481 e. The Kier molecular flexibility index (Phi) is 7.90. The molecule has 3 nitrogen and oxygen atoms in total. The summed E-state index contributed by atoms with van der Waals surface area (Å²) >= 11 is 0. The van der Waals surface area contributed by atoms with Crippen molar-refractivity contribution >= 4 is 5.97 Å². The van der Waals surface area contributed by atoms with Crippen molar-refractivity contribution in [3.8, 4) is 0 Å². The molecule has 0 heterocycles. The number of benzene rings is 4. The zero-order valence-electron chi connectivity index (χ0n) is 19.5. The molecule has 0 spiro atoms. The maximum Gasteiger partial charge on any atom is 0.305 e. The molecule has 4 aromatic rings. The highest BCUT2D eigenvalue weighted by Crippen LogP contribution is 2.35. The van der Waals surface area contributed by atoms with Gasteiger partial charge in [-0.3, -0.25) is 9.69 Å². The van der Waals surface area contributed by atoms with Crippen LogP contribution in [0.4, 0.5) is 0 Å². The van der Waals surface area contributed by atoms with E-state index in [4.69, 9.17) is 0 Å². The fourth-order valence-electron chi connectivity index (χ4n) is 4.57. The highest BCUT2D eigenvalue weighted by atomic mass is 16.4. The lowest BCUT2D eigenvalue weighted by molar-refractivity contribution is -0.138. The van der Waals surface area contributed by atoms with Gasteiger partial charge in [0, 0.05) is 18.6 Å². The molecular weight excluding hydrogens is 418 g/mol. The molecule has 0 saturated carbocycles. The maximum absolute atomic E-state index is 12.0. The third-order valence-corrected chi connectivity index (χ3v) is 6.34. The van der Waals surface area contributed by atoms with Crippen LogP contribution in [0.3, 0.4) is 0 Å². The van der Waals surface area contributed by atoms with E-state index < -0.39 is 5.97 Å². The predicted octanol–water partition coefficient (Wildman–Crippen LogP) is 7.06. The molecule has 1 N–H and O–H groups in total. The van der Waals surface area contributed by atoms with Crippen molar-refractivity contribution in [1.82, 2.24) is 4.90 Å². The number of nitrogens with zero attached hydrogens (tertiary/aromatic N) is 1. The largest absolute Gasteiger partial charge is 0.481 e. The Balaban J connectivity index is 1.72. The first-order chi connectivity index (χ1) is 16.6. The Morgan fingerprint density at radius 3 is 1.85 bits per heavy atom. The normalized spacial score (nSPS) is 12.9. The Hall–Kier alpha value is -3.69. The van der Waals surface area contributed by atoms with E-state index in [-0.39, 0.29) is 18.5 Å². The number of hydrogen-bond acceptors (Lipinski definition) is 2. The van der Waals surface area contributed by atoms with E-state index in [2.05, 4.69) is 84.6 Å². The first kappa shape index (κ1) is 23.5. The van der Waals surface area contributed by atoms with Crippen LogP contribution in [-0.2, 0) is 17.8 Å². The number of carboxylic acid groups (broad SMARTS) is 1. The number of hydrogen-bond donors (Lipinski definition) is 1. The zero-order valence-corrected chi connectivity index (χ0v) is 19.5. The molecule has 0 saturated heterocycles. The van der Waals surface area contributed by atoms with E-state index in [0.717, 1.165) is 12.0 Å². The van der Waals surface area contributed by atoms with Crippen molar-refractivity contribution in [3.63, 3.8) is 0 Å². The Bertz CT molecular complexity index is 1180. The molecule has 1 unspecified atom stereocenters. The van der Waals surface area contributed by atoms with E-state index in [1.54, 1.807) is 0 Å². The van der Waals surface area contributed by atoms with Gasteiger partial charge in [-0.2, -0.15) is 0 Å². The Morgan fingerprint density at radius 2 is 1.24 bits per heavy atom. The summed E-state index contributed by atoms with van der Waals surface area (Å²) in [5.41, 5.74) is 5.81. The minimum absolute atomic E-state index is 0.0405. The van der Waals surface area contributed by atoms with Gasteiger partial charge in [0.15, 0.2) is 0 Å². The fourth-order valence-corrected chi connectivity index (χ4v) is 4.57. The second-order valence-corrected chi connectivity index (χ2v) is 8.77. The molecule has 3 heteroatoms. The Morgan fingerprint density at radius 1 is 0.706 bits per heavy atom. The summed E-state index contributed by atoms with van der Waals surface area (Å²) in [4.78, 5) is 14.4. The molecular formula is C31H31NO2. The molecule has 2 atom stereocenters. The molecule has 0 aliphatic carbocycles. The van der Waals surface area contributed by atoms with Crippen LogP contribution < -0.4 is 0 Å². The van der Waals surface area contributed by atoms with Gasteiger partial charge in [-0.05, 0) is 41.2 Å². The molecule has 4 rings (SSSR count). The van der Waals surface area contributed by atoms with Crippen LogP contribution in [0, 0.1) is 0 Å². The molecule has 0 aliphatic heterocycles. The highest BCUT2D eigenvalue weighted by molar-refractivity contribution is 5.68. The summed E-state index contributed by atoms with van der Waals surface area (Å²) in [6, 6.07) is 39.2. The summed E-state index contributed by atoms with van der Waals surface area (Å²) in [6.45, 7) is 2.83. The molecule has 34 heavy (non-hydrogen) atoms. The van der Waals surface area contributed by atoms with Crippen LogP contribution in [0.2, 0.25) is 0 Å². The summed E-state index contributed by atoms with van der Waals surface area (Å²) in [6.07, 6.45) is 0.861. The zero-order chi connectivity index (χ0) is 23.8. The van der Waals surface area contributed by atoms with Crippen LogP contribution in [0.1, 0.15) is 53.2 Å². The van der Waals surface area contributed by atoms with Crippen molar-refractivity contribution in [1.29, 1.82) is 0 Å². The Labute approximate surface area is 202 Å². The molecule has 0 bridgehead atoms. The highest BCUT2D eigenvalue weighted by Gasteiger charge is 2.28. The summed E-state index contributed by atoms with van der Waals surface area (Å²) in [7, 11) is 0. The van der Waals surface area contributed by atoms with E-state index in [1.807, 2.05) is 42.5 Å². The lowest BCUT2D eigenvalue weighted by atomic mass is 9.94. The summed E-state index contributed by atoms with van der Waals surface area (Å²) < 4.78 is 0. The molecule has 172 valence electrons. The predicted molar refractivity (Wildman–Crippen MR) is 138 cm³/mol. The van der Waals surface area contributed by atoms with Crippen molar-refractivity contribution in [2.24, 2.45) is 0 Å². The van der Waals surface area contributed by atoms with Gasteiger partial charge in [-0.15, -0.1) is 0 Å². The van der Waals surface area contributed by atoms with Crippen molar-refractivity contribution in [3.05, 3.63) is 143 Å². The average Bonchev–Trinajstić information content (AvgIpc) is 2.87. The topological polar surface area (TPSA) is 40.5 Å². The van der Waals surface area contributed by atoms with Crippen LogP contribution in [0.5, 0.6) is 0 Å². The van der Waals surface area contributed by atoms with E-state index in [1.165, 1.54) is 22.3 Å². The number of aliphatic carboxylic acids is 1. The fraction of sp³-hybridized carbons (Fsp3) is 0.194. The van der Waals surface area contributed by atoms with Gasteiger partial charge in [0.2, 0.25) is 0 Å². The van der Waals surface area contributed by atoms with Crippen molar-refractivity contribution in [2.45, 2.75) is 38.4 Å². The summed E-state index contributed by atoms with van der Waals surface area (Å²) in [5, 5.41) is 9.89. The molecule has 4 aromatic carbocycles. The third kappa shape index (κ3) is 6.21. The summed E-state index contributed by atoms with van der Waals surface area (Å²) in [5.74, 6) is -0.795. The van der Waals surface area contributed by atoms with Gasteiger partial charge in [0.25, 0.3) is 0 Å². The quantitative estimate of drug-likeness (QED) is 0.282. The van der Waals surface area contributed by atoms with Gasteiger partial charge >= 0.3 is 5.97 Å². The van der Waals surface area contributed by atoms with Crippen LogP contribution in [0.25, 0.3) is 0 Å². The first-order valence-corrected chi connectivity index (χ1v) is 11.8. The van der Waals surface area contributed by atoms with Gasteiger partial charge in [0.05, 0.1) is 6.42 Å². The average molecular weight is 450 g/mol.